The smallest absolute Gasteiger partial charge is 0.0131 e. The van der Waals surface area contributed by atoms with Crippen LogP contribution in [0.15, 0.2) is 60.2 Å². The van der Waals surface area contributed by atoms with Crippen molar-refractivity contribution in [1.82, 2.24) is 0 Å². The van der Waals surface area contributed by atoms with Crippen molar-refractivity contribution in [3.63, 3.8) is 0 Å². The molecule has 0 aliphatic heterocycles. The van der Waals surface area contributed by atoms with Crippen LogP contribution in [-0.4, -0.2) is 0 Å². The summed E-state index contributed by atoms with van der Waals surface area (Å²) < 4.78 is 0. The third-order valence-corrected chi connectivity index (χ3v) is 6.08. The maximum atomic E-state index is 2.46. The molecule has 0 amide bonds. The molecule has 0 nitrogen and oxygen atoms in total. The van der Waals surface area contributed by atoms with Gasteiger partial charge in [0, 0.05) is 11.8 Å². The molecule has 0 heteroatoms. The van der Waals surface area contributed by atoms with Crippen LogP contribution in [0.1, 0.15) is 64.2 Å². The molecule has 2 aromatic carbocycles. The molecule has 0 aromatic heterocycles. The normalized spacial score (nSPS) is 21.5. The average Bonchev–Trinajstić information content (AvgIpc) is 3.13. The van der Waals surface area contributed by atoms with Crippen LogP contribution in [0.4, 0.5) is 0 Å². The van der Waals surface area contributed by atoms with Gasteiger partial charge in [0.2, 0.25) is 0 Å². The number of hydrogen-bond acceptors (Lipinski definition) is 0. The summed E-state index contributed by atoms with van der Waals surface area (Å²) in [4.78, 5) is 0. The Labute approximate surface area is 158 Å². The molecule has 26 heavy (non-hydrogen) atoms. The molecule has 0 N–H and O–H groups in total. The van der Waals surface area contributed by atoms with Crippen molar-refractivity contribution in [2.24, 2.45) is 17.3 Å². The van der Waals surface area contributed by atoms with Gasteiger partial charge < -0.3 is 0 Å². The van der Waals surface area contributed by atoms with E-state index < -0.39 is 0 Å². The fourth-order valence-corrected chi connectivity index (χ4v) is 4.74. The minimum atomic E-state index is 0.203. The lowest BCUT2D eigenvalue weighted by Gasteiger charge is -2.22. The monoisotopic (exact) mass is 342 g/mol. The van der Waals surface area contributed by atoms with Crippen molar-refractivity contribution in [3.05, 3.63) is 76.9 Å². The summed E-state index contributed by atoms with van der Waals surface area (Å²) in [6, 6.07) is 15.9. The van der Waals surface area contributed by atoms with E-state index in [1.165, 1.54) is 33.4 Å². The lowest BCUT2D eigenvalue weighted by atomic mass is 9.81. The first kappa shape index (κ1) is 17.3. The lowest BCUT2D eigenvalue weighted by Crippen LogP contribution is -2.08. The number of fused-ring (bicyclic) bond motifs is 3. The van der Waals surface area contributed by atoms with Gasteiger partial charge in [-0.15, -0.1) is 0 Å². The van der Waals surface area contributed by atoms with Gasteiger partial charge in [-0.2, -0.15) is 0 Å². The minimum Gasteiger partial charge on any atom is -0.0735 e. The molecule has 0 saturated carbocycles. The first-order chi connectivity index (χ1) is 12.3. The molecule has 0 radical (unpaired) electrons. The van der Waals surface area contributed by atoms with Crippen LogP contribution in [-0.2, 0) is 0 Å². The van der Waals surface area contributed by atoms with Crippen molar-refractivity contribution in [3.8, 4) is 11.1 Å². The zero-order chi connectivity index (χ0) is 18.6. The number of hydrogen-bond donors (Lipinski definition) is 0. The summed E-state index contributed by atoms with van der Waals surface area (Å²) in [5, 5.41) is 0. The Bertz CT molecular complexity index is 915. The standard InChI is InChI=1S/C26H30/c1-16(2)24-20-11-8-7-10-19(20)21-12-9-13-22(25(21)24)23-15-18(14-17(23)3)26(4,5)6/h7-17,24H,1-6H3. The predicted octanol–water partition coefficient (Wildman–Crippen LogP) is 7.46. The number of benzene rings is 2. The molecular weight excluding hydrogens is 312 g/mol. The largest absolute Gasteiger partial charge is 0.0735 e. The van der Waals surface area contributed by atoms with Crippen LogP contribution in [0.25, 0.3) is 16.7 Å². The molecule has 134 valence electrons. The van der Waals surface area contributed by atoms with Gasteiger partial charge in [-0.25, -0.2) is 0 Å². The van der Waals surface area contributed by atoms with E-state index in [9.17, 15) is 0 Å². The SMILES string of the molecule is CC1C=C(C(C)(C)C)C=C1c1cccc2c1C(C(C)C)c1ccccc1-2. The van der Waals surface area contributed by atoms with Crippen LogP contribution >= 0.6 is 0 Å². The molecule has 0 heterocycles. The molecule has 2 unspecified atom stereocenters. The molecule has 0 spiro atoms. The fourth-order valence-electron chi connectivity index (χ4n) is 4.74. The van der Waals surface area contributed by atoms with Crippen LogP contribution in [0, 0.1) is 17.3 Å². The van der Waals surface area contributed by atoms with E-state index in [0.29, 0.717) is 17.8 Å². The Morgan fingerprint density at radius 3 is 2.15 bits per heavy atom. The van der Waals surface area contributed by atoms with Crippen molar-refractivity contribution < 1.29 is 0 Å². The van der Waals surface area contributed by atoms with Gasteiger partial charge in [0.05, 0.1) is 0 Å². The van der Waals surface area contributed by atoms with Crippen LogP contribution in [0.2, 0.25) is 0 Å². The summed E-state index contributed by atoms with van der Waals surface area (Å²) >= 11 is 0. The highest BCUT2D eigenvalue weighted by atomic mass is 14.4. The molecule has 2 atom stereocenters. The second-order valence-electron chi connectivity index (χ2n) is 9.34. The molecule has 0 fully saturated rings. The maximum Gasteiger partial charge on any atom is 0.0131 e. The van der Waals surface area contributed by atoms with Crippen molar-refractivity contribution in [2.45, 2.75) is 47.5 Å². The Hall–Kier alpha value is -2.08. The Kier molecular flexibility index (Phi) is 3.99. The number of allylic oxidation sites excluding steroid dienone is 4. The maximum absolute atomic E-state index is 2.46. The lowest BCUT2D eigenvalue weighted by molar-refractivity contribution is 0.516. The summed E-state index contributed by atoms with van der Waals surface area (Å²) in [7, 11) is 0. The first-order valence-electron chi connectivity index (χ1n) is 9.95. The van der Waals surface area contributed by atoms with Crippen molar-refractivity contribution in [1.29, 1.82) is 0 Å². The second kappa shape index (κ2) is 5.98. The molecule has 2 aliphatic carbocycles. The van der Waals surface area contributed by atoms with Gasteiger partial charge in [0.15, 0.2) is 0 Å². The van der Waals surface area contributed by atoms with Gasteiger partial charge in [0.25, 0.3) is 0 Å². The van der Waals surface area contributed by atoms with E-state index >= 15 is 0 Å². The van der Waals surface area contributed by atoms with Crippen molar-refractivity contribution >= 4 is 5.57 Å². The highest BCUT2D eigenvalue weighted by Gasteiger charge is 2.34. The van der Waals surface area contributed by atoms with E-state index in [1.54, 1.807) is 5.56 Å². The van der Waals surface area contributed by atoms with E-state index in [2.05, 4.69) is 96.2 Å². The Morgan fingerprint density at radius 2 is 1.50 bits per heavy atom. The zero-order valence-corrected chi connectivity index (χ0v) is 16.9. The molecule has 0 saturated heterocycles. The minimum absolute atomic E-state index is 0.203. The Balaban J connectivity index is 1.91. The van der Waals surface area contributed by atoms with Gasteiger partial charge in [-0.05, 0) is 50.3 Å². The van der Waals surface area contributed by atoms with Gasteiger partial charge in [0.1, 0.15) is 0 Å². The molecule has 2 aromatic rings. The predicted molar refractivity (Wildman–Crippen MR) is 113 cm³/mol. The van der Waals surface area contributed by atoms with E-state index in [4.69, 9.17) is 0 Å². The van der Waals surface area contributed by atoms with Gasteiger partial charge in [-0.1, -0.05) is 96.2 Å². The summed E-state index contributed by atoms with van der Waals surface area (Å²) in [6.45, 7) is 14.0. The molecular formula is C26H30. The quantitative estimate of drug-likeness (QED) is 0.531. The summed E-state index contributed by atoms with van der Waals surface area (Å²) in [5.41, 5.74) is 10.5. The van der Waals surface area contributed by atoms with E-state index in [0.717, 1.165) is 0 Å². The highest BCUT2D eigenvalue weighted by molar-refractivity contribution is 5.87. The number of rotatable bonds is 2. The zero-order valence-electron chi connectivity index (χ0n) is 16.9. The fraction of sp³-hybridized carbons (Fsp3) is 0.385. The van der Waals surface area contributed by atoms with Crippen LogP contribution < -0.4 is 0 Å². The molecule has 0 bridgehead atoms. The third kappa shape index (κ3) is 2.58. The Morgan fingerprint density at radius 1 is 0.846 bits per heavy atom. The second-order valence-corrected chi connectivity index (χ2v) is 9.34. The first-order valence-corrected chi connectivity index (χ1v) is 9.95. The molecule has 2 aliphatic rings. The third-order valence-electron chi connectivity index (χ3n) is 6.08. The van der Waals surface area contributed by atoms with E-state index in [-0.39, 0.29) is 5.41 Å². The molecule has 4 rings (SSSR count). The van der Waals surface area contributed by atoms with Crippen LogP contribution in [0.3, 0.4) is 0 Å². The topological polar surface area (TPSA) is 0 Å². The van der Waals surface area contributed by atoms with Gasteiger partial charge in [-0.3, -0.25) is 0 Å². The van der Waals surface area contributed by atoms with E-state index in [1.807, 2.05) is 0 Å². The summed E-state index contributed by atoms with van der Waals surface area (Å²) in [6.07, 6.45) is 4.92. The summed E-state index contributed by atoms with van der Waals surface area (Å²) in [5.74, 6) is 1.56. The van der Waals surface area contributed by atoms with Gasteiger partial charge >= 0.3 is 0 Å². The highest BCUT2D eigenvalue weighted by Crippen LogP contribution is 2.52. The van der Waals surface area contributed by atoms with Crippen molar-refractivity contribution in [2.75, 3.05) is 0 Å². The van der Waals surface area contributed by atoms with Crippen LogP contribution in [0.5, 0.6) is 0 Å². The average molecular weight is 343 g/mol.